The summed E-state index contributed by atoms with van der Waals surface area (Å²) in [5, 5.41) is 10.0. The normalized spacial score (nSPS) is 13.9. The zero-order valence-corrected chi connectivity index (χ0v) is 17.8. The molecule has 0 heterocycles. The highest BCUT2D eigenvalue weighted by molar-refractivity contribution is 6.30. The smallest absolute Gasteiger partial charge is 0.133 e. The molecular weight excluding hydrogens is 395 g/mol. The first-order chi connectivity index (χ1) is 13.0. The zero-order chi connectivity index (χ0) is 20.9. The highest BCUT2D eigenvalue weighted by Gasteiger charge is 2.27. The Morgan fingerprint density at radius 1 is 0.643 bits per heavy atom. The maximum atomic E-state index is 6.15. The maximum Gasteiger partial charge on any atom is 0.133 e. The van der Waals surface area contributed by atoms with E-state index in [9.17, 15) is 0 Å². The predicted octanol–water partition coefficient (Wildman–Crippen LogP) is 5.68. The number of hydrogen-bond donors (Lipinski definition) is 2. The largest absolute Gasteiger partial charge is 0.385 e. The molecule has 6 nitrogen and oxygen atoms in total. The fourth-order valence-corrected chi connectivity index (χ4v) is 2.19. The summed E-state index contributed by atoms with van der Waals surface area (Å²) in [6, 6.07) is 14.1. The Labute approximate surface area is 175 Å². The molecule has 0 fully saturated rings. The van der Waals surface area contributed by atoms with E-state index in [1.807, 2.05) is 27.7 Å². The van der Waals surface area contributed by atoms with Crippen LogP contribution in [0.15, 0.2) is 68.7 Å². The van der Waals surface area contributed by atoms with Crippen molar-refractivity contribution in [3.63, 3.8) is 0 Å². The van der Waals surface area contributed by atoms with E-state index in [0.29, 0.717) is 33.1 Å². The average Bonchev–Trinajstić information content (AvgIpc) is 2.64. The van der Waals surface area contributed by atoms with Crippen LogP contribution >= 0.6 is 23.2 Å². The molecule has 2 aromatic carbocycles. The fourth-order valence-electron chi connectivity index (χ4n) is 1.94. The van der Waals surface area contributed by atoms with Crippen molar-refractivity contribution in [1.82, 2.24) is 0 Å². The number of nitrogens with zero attached hydrogens (tertiary/aromatic N) is 4. The van der Waals surface area contributed by atoms with E-state index in [-0.39, 0.29) is 0 Å². The molecule has 0 radical (unpaired) electrons. The van der Waals surface area contributed by atoms with Gasteiger partial charge in [-0.25, -0.2) is 9.98 Å². The lowest BCUT2D eigenvalue weighted by atomic mass is 10.0. The second-order valence-corrected chi connectivity index (χ2v) is 8.14. The van der Waals surface area contributed by atoms with Crippen molar-refractivity contribution in [3.05, 3.63) is 58.6 Å². The van der Waals surface area contributed by atoms with Crippen molar-refractivity contribution < 1.29 is 0 Å². The van der Waals surface area contributed by atoms with Gasteiger partial charge in [0.05, 0.1) is 11.4 Å². The van der Waals surface area contributed by atoms with Crippen molar-refractivity contribution in [2.45, 2.75) is 38.8 Å². The van der Waals surface area contributed by atoms with Crippen LogP contribution in [0.25, 0.3) is 0 Å². The number of amidine groups is 2. The minimum absolute atomic E-state index is 0.322. The molecule has 148 valence electrons. The molecule has 8 heteroatoms. The van der Waals surface area contributed by atoms with Crippen molar-refractivity contribution in [2.24, 2.45) is 31.7 Å². The number of azo groups is 1. The molecule has 2 aromatic rings. The summed E-state index contributed by atoms with van der Waals surface area (Å²) >= 11 is 11.8. The van der Waals surface area contributed by atoms with Gasteiger partial charge in [-0.3, -0.25) is 0 Å². The van der Waals surface area contributed by atoms with Crippen LogP contribution in [0, 0.1) is 0 Å². The molecule has 0 aliphatic carbocycles. The van der Waals surface area contributed by atoms with Gasteiger partial charge in [0, 0.05) is 10.0 Å². The maximum absolute atomic E-state index is 6.15. The number of nitrogens with two attached hydrogens (primary N) is 2. The van der Waals surface area contributed by atoms with E-state index in [2.05, 4.69) is 20.2 Å². The van der Waals surface area contributed by atoms with Crippen molar-refractivity contribution in [1.29, 1.82) is 0 Å². The molecule has 0 aliphatic heterocycles. The van der Waals surface area contributed by atoms with Crippen LogP contribution in [0.5, 0.6) is 0 Å². The van der Waals surface area contributed by atoms with Crippen LogP contribution < -0.4 is 11.5 Å². The summed E-state index contributed by atoms with van der Waals surface area (Å²) in [5.41, 5.74) is 12.0. The topological polar surface area (TPSA) is 101 Å². The Morgan fingerprint density at radius 2 is 0.929 bits per heavy atom. The minimum atomic E-state index is -0.822. The van der Waals surface area contributed by atoms with Crippen LogP contribution in [-0.2, 0) is 0 Å². The Balaban J connectivity index is 2.20. The lowest BCUT2D eigenvalue weighted by molar-refractivity contribution is 0.560. The van der Waals surface area contributed by atoms with Crippen molar-refractivity contribution >= 4 is 46.2 Å². The molecule has 28 heavy (non-hydrogen) atoms. The van der Waals surface area contributed by atoms with Crippen LogP contribution in [-0.4, -0.2) is 22.7 Å². The quantitative estimate of drug-likeness (QED) is 0.357. The van der Waals surface area contributed by atoms with Crippen LogP contribution in [0.1, 0.15) is 27.7 Å². The van der Waals surface area contributed by atoms with Crippen LogP contribution in [0.4, 0.5) is 11.4 Å². The van der Waals surface area contributed by atoms with Crippen LogP contribution in [0.2, 0.25) is 10.0 Å². The van der Waals surface area contributed by atoms with Gasteiger partial charge < -0.3 is 11.5 Å². The molecule has 0 spiro atoms. The number of benzene rings is 2. The number of aliphatic imine (C=N–C) groups is 2. The standard InChI is InChI=1S/C20H24Cl2N6/c1-19(2,17(23)25-15-9-5-13(21)6-10-15)27-28-20(3,4)18(24)26-16-11-7-14(22)8-12-16/h5-12H,1-4H3,(H2,23,25)(H2,24,26). The van der Waals surface area contributed by atoms with Gasteiger partial charge in [0.2, 0.25) is 0 Å². The molecule has 0 unspecified atom stereocenters. The SMILES string of the molecule is CC(C)(N=NC(C)(C)C(N)=Nc1ccc(Cl)cc1)C(N)=Nc1ccc(Cl)cc1. The molecular formula is C20H24Cl2N6. The second-order valence-electron chi connectivity index (χ2n) is 7.26. The van der Waals surface area contributed by atoms with E-state index < -0.39 is 11.1 Å². The monoisotopic (exact) mass is 418 g/mol. The molecule has 0 saturated carbocycles. The van der Waals surface area contributed by atoms with Gasteiger partial charge in [-0.15, -0.1) is 0 Å². The van der Waals surface area contributed by atoms with Crippen molar-refractivity contribution in [2.75, 3.05) is 0 Å². The number of rotatable bonds is 6. The highest BCUT2D eigenvalue weighted by Crippen LogP contribution is 2.22. The summed E-state index contributed by atoms with van der Waals surface area (Å²) in [6.45, 7) is 7.31. The Hall–Kier alpha value is -2.44. The van der Waals surface area contributed by atoms with E-state index in [4.69, 9.17) is 34.7 Å². The van der Waals surface area contributed by atoms with Gasteiger partial charge in [-0.05, 0) is 76.2 Å². The van der Waals surface area contributed by atoms with Gasteiger partial charge in [-0.1, -0.05) is 23.2 Å². The third-order valence-electron chi connectivity index (χ3n) is 3.96. The van der Waals surface area contributed by atoms with Crippen molar-refractivity contribution in [3.8, 4) is 0 Å². The number of halogens is 2. The lowest BCUT2D eigenvalue weighted by Crippen LogP contribution is -2.39. The van der Waals surface area contributed by atoms with Crippen LogP contribution in [0.3, 0.4) is 0 Å². The Morgan fingerprint density at radius 3 is 1.21 bits per heavy atom. The molecule has 0 aliphatic rings. The highest BCUT2D eigenvalue weighted by atomic mass is 35.5. The third-order valence-corrected chi connectivity index (χ3v) is 4.46. The van der Waals surface area contributed by atoms with Gasteiger partial charge >= 0.3 is 0 Å². The molecule has 0 bridgehead atoms. The van der Waals surface area contributed by atoms with Gasteiger partial charge in [0.1, 0.15) is 22.7 Å². The Kier molecular flexibility index (Phi) is 6.80. The van der Waals surface area contributed by atoms with E-state index in [0.717, 1.165) is 0 Å². The van der Waals surface area contributed by atoms with E-state index in [1.165, 1.54) is 0 Å². The van der Waals surface area contributed by atoms with E-state index in [1.54, 1.807) is 48.5 Å². The van der Waals surface area contributed by atoms with E-state index >= 15 is 0 Å². The fraction of sp³-hybridized carbons (Fsp3) is 0.300. The summed E-state index contributed by atoms with van der Waals surface area (Å²) in [4.78, 5) is 8.80. The minimum Gasteiger partial charge on any atom is -0.385 e. The average molecular weight is 419 g/mol. The van der Waals surface area contributed by atoms with Gasteiger partial charge in [0.25, 0.3) is 0 Å². The lowest BCUT2D eigenvalue weighted by Gasteiger charge is -2.22. The second kappa shape index (κ2) is 8.71. The Bertz CT molecular complexity index is 822. The van der Waals surface area contributed by atoms with Gasteiger partial charge in [0.15, 0.2) is 0 Å². The number of hydrogen-bond acceptors (Lipinski definition) is 4. The summed E-state index contributed by atoms with van der Waals surface area (Å²) < 4.78 is 0. The molecule has 0 saturated heterocycles. The molecule has 0 aromatic heterocycles. The molecule has 4 N–H and O–H groups in total. The third kappa shape index (κ3) is 6.04. The first-order valence-electron chi connectivity index (χ1n) is 8.64. The summed E-state index contributed by atoms with van der Waals surface area (Å²) in [7, 11) is 0. The summed E-state index contributed by atoms with van der Waals surface area (Å²) in [5.74, 6) is 0.644. The zero-order valence-electron chi connectivity index (χ0n) is 16.3. The molecule has 2 rings (SSSR count). The molecule has 0 amide bonds. The first kappa shape index (κ1) is 21.9. The predicted molar refractivity (Wildman–Crippen MR) is 118 cm³/mol. The first-order valence-corrected chi connectivity index (χ1v) is 9.40. The molecule has 0 atom stereocenters. The van der Waals surface area contributed by atoms with Gasteiger partial charge in [-0.2, -0.15) is 10.2 Å². The summed E-state index contributed by atoms with van der Waals surface area (Å²) in [6.07, 6.45) is 0.